The van der Waals surface area contributed by atoms with E-state index in [0.29, 0.717) is 0 Å². The van der Waals surface area contributed by atoms with Crippen LogP contribution in [-0.2, 0) is 4.79 Å². The fourth-order valence-corrected chi connectivity index (χ4v) is 2.35. The molecule has 1 aromatic carbocycles. The van der Waals surface area contributed by atoms with Crippen molar-refractivity contribution in [3.05, 3.63) is 34.9 Å². The van der Waals surface area contributed by atoms with Gasteiger partial charge in [0.15, 0.2) is 0 Å². The highest BCUT2D eigenvalue weighted by Crippen LogP contribution is 2.22. The zero-order valence-electron chi connectivity index (χ0n) is 13.9. The van der Waals surface area contributed by atoms with Crippen LogP contribution in [-0.4, -0.2) is 31.0 Å². The third-order valence-corrected chi connectivity index (χ3v) is 3.67. The van der Waals surface area contributed by atoms with Gasteiger partial charge < -0.3 is 9.64 Å². The van der Waals surface area contributed by atoms with E-state index in [1.165, 1.54) is 0 Å². The van der Waals surface area contributed by atoms with Gasteiger partial charge in [0.25, 0.3) is 0 Å². The van der Waals surface area contributed by atoms with E-state index in [4.69, 9.17) is 4.74 Å². The molecular formula is C18H27NO2. The van der Waals surface area contributed by atoms with Crippen molar-refractivity contribution in [1.29, 1.82) is 0 Å². The summed E-state index contributed by atoms with van der Waals surface area (Å²) in [5.74, 6) is 0.937. The number of benzene rings is 1. The summed E-state index contributed by atoms with van der Waals surface area (Å²) >= 11 is 0. The monoisotopic (exact) mass is 289 g/mol. The maximum absolute atomic E-state index is 12.2. The van der Waals surface area contributed by atoms with E-state index in [9.17, 15) is 4.79 Å². The minimum Gasteiger partial charge on any atom is -0.497 e. The molecule has 0 unspecified atom stereocenters. The first-order valence-corrected chi connectivity index (χ1v) is 7.65. The highest BCUT2D eigenvalue weighted by atomic mass is 16.5. The highest BCUT2D eigenvalue weighted by molar-refractivity contribution is 5.92. The fraction of sp³-hybridized carbons (Fsp3) is 0.500. The van der Waals surface area contributed by atoms with E-state index < -0.39 is 0 Å². The lowest BCUT2D eigenvalue weighted by Crippen LogP contribution is -2.30. The molecule has 0 bridgehead atoms. The molecule has 21 heavy (non-hydrogen) atoms. The third-order valence-electron chi connectivity index (χ3n) is 3.67. The molecule has 0 aromatic heterocycles. The van der Waals surface area contributed by atoms with Crippen molar-refractivity contribution in [2.75, 3.05) is 20.2 Å². The number of amides is 1. The molecule has 0 saturated carbocycles. The van der Waals surface area contributed by atoms with E-state index in [0.717, 1.165) is 48.4 Å². The summed E-state index contributed by atoms with van der Waals surface area (Å²) in [6.45, 7) is 9.81. The molecule has 0 radical (unpaired) electrons. The van der Waals surface area contributed by atoms with Gasteiger partial charge in [0.05, 0.1) is 7.11 Å². The number of carbonyl (C=O) groups is 1. The Bertz CT molecular complexity index is 483. The number of ether oxygens (including phenoxy) is 1. The van der Waals surface area contributed by atoms with Crippen LogP contribution < -0.4 is 4.74 Å². The zero-order valence-corrected chi connectivity index (χ0v) is 13.9. The first-order chi connectivity index (χ1) is 10.0. The Hall–Kier alpha value is -1.77. The summed E-state index contributed by atoms with van der Waals surface area (Å²) < 4.78 is 5.26. The minimum atomic E-state index is 0.0839. The van der Waals surface area contributed by atoms with E-state index in [1.54, 1.807) is 13.2 Å². The van der Waals surface area contributed by atoms with Gasteiger partial charge in [-0.25, -0.2) is 0 Å². The third kappa shape index (κ3) is 4.92. The SMILES string of the molecule is CCCCN(CC)C(=O)/C=C/c1c(C)cc(OC)cc1C. The van der Waals surface area contributed by atoms with Gasteiger partial charge in [-0.05, 0) is 62.1 Å². The van der Waals surface area contributed by atoms with Crippen molar-refractivity contribution in [1.82, 2.24) is 4.90 Å². The number of hydrogen-bond donors (Lipinski definition) is 0. The summed E-state index contributed by atoms with van der Waals surface area (Å²) in [7, 11) is 1.67. The van der Waals surface area contributed by atoms with Gasteiger partial charge in [-0.1, -0.05) is 13.3 Å². The average molecular weight is 289 g/mol. The van der Waals surface area contributed by atoms with Crippen LogP contribution in [0, 0.1) is 13.8 Å². The number of methoxy groups -OCH3 is 1. The molecular weight excluding hydrogens is 262 g/mol. The largest absolute Gasteiger partial charge is 0.497 e. The van der Waals surface area contributed by atoms with Crippen molar-refractivity contribution in [2.45, 2.75) is 40.5 Å². The number of nitrogens with zero attached hydrogens (tertiary/aromatic N) is 1. The molecule has 0 heterocycles. The van der Waals surface area contributed by atoms with E-state index in [1.807, 2.05) is 43.9 Å². The Morgan fingerprint density at radius 1 is 1.24 bits per heavy atom. The maximum Gasteiger partial charge on any atom is 0.246 e. The first kappa shape index (κ1) is 17.3. The first-order valence-electron chi connectivity index (χ1n) is 7.65. The van der Waals surface area contributed by atoms with Crippen LogP contribution in [0.5, 0.6) is 5.75 Å². The second-order valence-corrected chi connectivity index (χ2v) is 5.28. The van der Waals surface area contributed by atoms with Gasteiger partial charge in [-0.15, -0.1) is 0 Å². The number of carbonyl (C=O) groups excluding carboxylic acids is 1. The molecule has 0 aliphatic carbocycles. The van der Waals surface area contributed by atoms with Gasteiger partial charge in [-0.3, -0.25) is 4.79 Å². The van der Waals surface area contributed by atoms with Gasteiger partial charge in [0.1, 0.15) is 5.75 Å². The van der Waals surface area contributed by atoms with Crippen molar-refractivity contribution >= 4 is 12.0 Å². The lowest BCUT2D eigenvalue weighted by molar-refractivity contribution is -0.125. The number of likely N-dealkylation sites (N-methyl/N-ethyl adjacent to an activating group) is 1. The minimum absolute atomic E-state index is 0.0839. The molecule has 3 heteroatoms. The lowest BCUT2D eigenvalue weighted by Gasteiger charge is -2.18. The molecule has 0 aliphatic heterocycles. The fourth-order valence-electron chi connectivity index (χ4n) is 2.35. The average Bonchev–Trinajstić information content (AvgIpc) is 2.46. The van der Waals surface area contributed by atoms with Crippen LogP contribution in [0.15, 0.2) is 18.2 Å². The van der Waals surface area contributed by atoms with Crippen molar-refractivity contribution in [2.24, 2.45) is 0 Å². The topological polar surface area (TPSA) is 29.5 Å². The van der Waals surface area contributed by atoms with Gasteiger partial charge >= 0.3 is 0 Å². The Balaban J connectivity index is 2.87. The molecule has 1 aromatic rings. The van der Waals surface area contributed by atoms with Crippen LogP contribution in [0.4, 0.5) is 0 Å². The lowest BCUT2D eigenvalue weighted by atomic mass is 10.0. The Labute approximate surface area is 128 Å². The molecule has 0 fully saturated rings. The number of rotatable bonds is 7. The Morgan fingerprint density at radius 3 is 2.33 bits per heavy atom. The predicted octanol–water partition coefficient (Wildman–Crippen LogP) is 3.97. The molecule has 116 valence electrons. The van der Waals surface area contributed by atoms with Gasteiger partial charge in [0, 0.05) is 19.2 Å². The van der Waals surface area contributed by atoms with Crippen LogP contribution in [0.2, 0.25) is 0 Å². The Kier molecular flexibility index (Phi) is 7.00. The van der Waals surface area contributed by atoms with Crippen molar-refractivity contribution in [3.8, 4) is 5.75 Å². The number of unbranched alkanes of at least 4 members (excludes halogenated alkanes) is 1. The van der Waals surface area contributed by atoms with Crippen LogP contribution >= 0.6 is 0 Å². The molecule has 0 atom stereocenters. The van der Waals surface area contributed by atoms with Crippen molar-refractivity contribution in [3.63, 3.8) is 0 Å². The zero-order chi connectivity index (χ0) is 15.8. The summed E-state index contributed by atoms with van der Waals surface area (Å²) in [5.41, 5.74) is 3.33. The second-order valence-electron chi connectivity index (χ2n) is 5.28. The molecule has 0 aliphatic rings. The van der Waals surface area contributed by atoms with E-state index in [2.05, 4.69) is 6.92 Å². The maximum atomic E-state index is 12.2. The van der Waals surface area contributed by atoms with E-state index in [-0.39, 0.29) is 5.91 Å². The normalized spacial score (nSPS) is 10.9. The summed E-state index contributed by atoms with van der Waals surface area (Å²) in [5, 5.41) is 0. The standard InChI is InChI=1S/C18H27NO2/c1-6-8-11-19(7-2)18(20)10-9-17-14(3)12-16(21-5)13-15(17)4/h9-10,12-13H,6-8,11H2,1-5H3/b10-9+. The Morgan fingerprint density at radius 2 is 1.86 bits per heavy atom. The molecule has 0 saturated heterocycles. The molecule has 0 spiro atoms. The second kappa shape index (κ2) is 8.50. The van der Waals surface area contributed by atoms with Crippen LogP contribution in [0.3, 0.4) is 0 Å². The van der Waals surface area contributed by atoms with Gasteiger partial charge in [0.2, 0.25) is 5.91 Å². The number of aryl methyl sites for hydroxylation is 2. The van der Waals surface area contributed by atoms with Crippen molar-refractivity contribution < 1.29 is 9.53 Å². The smallest absolute Gasteiger partial charge is 0.246 e. The van der Waals surface area contributed by atoms with Crippen LogP contribution in [0.1, 0.15) is 43.4 Å². The molecule has 1 amide bonds. The summed E-state index contributed by atoms with van der Waals surface area (Å²) in [6, 6.07) is 3.98. The number of hydrogen-bond acceptors (Lipinski definition) is 2. The molecule has 1 rings (SSSR count). The quantitative estimate of drug-likeness (QED) is 0.711. The molecule has 0 N–H and O–H groups in total. The van der Waals surface area contributed by atoms with Crippen LogP contribution in [0.25, 0.3) is 6.08 Å². The predicted molar refractivity (Wildman–Crippen MR) is 88.7 cm³/mol. The van der Waals surface area contributed by atoms with Gasteiger partial charge in [-0.2, -0.15) is 0 Å². The van der Waals surface area contributed by atoms with E-state index >= 15 is 0 Å². The highest BCUT2D eigenvalue weighted by Gasteiger charge is 2.08. The molecule has 3 nitrogen and oxygen atoms in total. The summed E-state index contributed by atoms with van der Waals surface area (Å²) in [4.78, 5) is 14.1. The summed E-state index contributed by atoms with van der Waals surface area (Å²) in [6.07, 6.45) is 5.75.